The van der Waals surface area contributed by atoms with E-state index in [0.29, 0.717) is 37.4 Å². The van der Waals surface area contributed by atoms with Crippen LogP contribution in [-0.2, 0) is 16.5 Å². The number of carbonyl (C=O) groups excluding carboxylic acids is 1. The van der Waals surface area contributed by atoms with E-state index in [1.807, 2.05) is 35.2 Å². The van der Waals surface area contributed by atoms with Gasteiger partial charge in [0, 0.05) is 25.7 Å². The first-order valence-electron chi connectivity index (χ1n) is 11.3. The molecule has 3 atom stereocenters. The number of ether oxygens (including phenoxy) is 1. The fourth-order valence-corrected chi connectivity index (χ4v) is 4.80. The number of benzene rings is 2. The topological polar surface area (TPSA) is 53.6 Å². The molecular formula is C25H30F3N3O2. The van der Waals surface area contributed by atoms with E-state index in [1.165, 1.54) is 6.07 Å². The number of carbonyl (C=O) groups is 1. The van der Waals surface area contributed by atoms with Crippen molar-refractivity contribution >= 4 is 6.03 Å². The van der Waals surface area contributed by atoms with Crippen LogP contribution in [0.25, 0.3) is 0 Å². The van der Waals surface area contributed by atoms with Crippen molar-refractivity contribution < 1.29 is 22.7 Å². The summed E-state index contributed by atoms with van der Waals surface area (Å²) < 4.78 is 46.0. The zero-order valence-corrected chi connectivity index (χ0v) is 18.9. The molecule has 0 spiro atoms. The summed E-state index contributed by atoms with van der Waals surface area (Å²) in [7, 11) is 0. The van der Waals surface area contributed by atoms with E-state index in [0.717, 1.165) is 24.5 Å². The number of hydrogen-bond acceptors (Lipinski definition) is 3. The maximum Gasteiger partial charge on any atom is 0.416 e. The Morgan fingerprint density at radius 3 is 2.58 bits per heavy atom. The van der Waals surface area contributed by atoms with E-state index < -0.39 is 23.4 Å². The van der Waals surface area contributed by atoms with Crippen LogP contribution in [0.1, 0.15) is 48.1 Å². The third-order valence-corrected chi connectivity index (χ3v) is 6.71. The largest absolute Gasteiger partial charge is 0.416 e. The second-order valence-corrected chi connectivity index (χ2v) is 9.03. The standard InChI is InChI=1S/C25H30F3N3O2/c1-17-12-19(14-21(13-17)25(26,27)28)18(2)33-16-24(20-6-4-3-5-7-20)9-8-22(15-30-24)31-11-10-29-23(31)32/h3-7,12-14,18,22,30H,8-11,15-16H2,1-2H3,(H,29,32)/t18-,22+,24-/m1/s1. The average molecular weight is 462 g/mol. The highest BCUT2D eigenvalue weighted by Gasteiger charge is 2.40. The fraction of sp³-hybridized carbons (Fsp3) is 0.480. The Balaban J connectivity index is 1.51. The molecule has 2 aromatic carbocycles. The summed E-state index contributed by atoms with van der Waals surface area (Å²) in [6.45, 7) is 5.75. The summed E-state index contributed by atoms with van der Waals surface area (Å²) in [6, 6.07) is 14.1. The van der Waals surface area contributed by atoms with Crippen LogP contribution in [0.15, 0.2) is 48.5 Å². The van der Waals surface area contributed by atoms with Gasteiger partial charge in [0.2, 0.25) is 0 Å². The van der Waals surface area contributed by atoms with Crippen molar-refractivity contribution in [2.45, 2.75) is 50.6 Å². The average Bonchev–Trinajstić information content (AvgIpc) is 3.23. The molecule has 2 saturated heterocycles. The molecule has 0 saturated carbocycles. The molecule has 2 fully saturated rings. The number of halogens is 3. The Bertz CT molecular complexity index is 973. The molecule has 2 aromatic rings. The molecule has 2 aliphatic heterocycles. The van der Waals surface area contributed by atoms with Gasteiger partial charge in [0.15, 0.2) is 0 Å². The molecule has 5 nitrogen and oxygen atoms in total. The summed E-state index contributed by atoms with van der Waals surface area (Å²) in [5.74, 6) is 0. The molecule has 8 heteroatoms. The van der Waals surface area contributed by atoms with Crippen molar-refractivity contribution in [3.63, 3.8) is 0 Å². The van der Waals surface area contributed by atoms with E-state index in [-0.39, 0.29) is 12.1 Å². The Hall–Kier alpha value is -2.58. The minimum Gasteiger partial charge on any atom is -0.372 e. The van der Waals surface area contributed by atoms with Crippen LogP contribution >= 0.6 is 0 Å². The van der Waals surface area contributed by atoms with Gasteiger partial charge in [0.25, 0.3) is 0 Å². The number of alkyl halides is 3. The molecule has 2 heterocycles. The van der Waals surface area contributed by atoms with Gasteiger partial charge in [-0.3, -0.25) is 0 Å². The third kappa shape index (κ3) is 5.17. The van der Waals surface area contributed by atoms with Crippen LogP contribution in [-0.4, -0.2) is 43.2 Å². The Labute approximate surface area is 192 Å². The van der Waals surface area contributed by atoms with Gasteiger partial charge >= 0.3 is 12.2 Å². The summed E-state index contributed by atoms with van der Waals surface area (Å²) in [6.07, 6.45) is -3.33. The Morgan fingerprint density at radius 2 is 1.97 bits per heavy atom. The summed E-state index contributed by atoms with van der Waals surface area (Å²) in [5, 5.41) is 6.48. The molecule has 0 aliphatic carbocycles. The summed E-state index contributed by atoms with van der Waals surface area (Å²) in [5.41, 5.74) is 0.998. The minimum absolute atomic E-state index is 0.0289. The van der Waals surface area contributed by atoms with Gasteiger partial charge in [0.05, 0.1) is 23.8 Å². The number of piperidine rings is 1. The molecule has 0 radical (unpaired) electrons. The highest BCUT2D eigenvalue weighted by Crippen LogP contribution is 2.36. The predicted octanol–water partition coefficient (Wildman–Crippen LogP) is 4.76. The number of nitrogens with zero attached hydrogens (tertiary/aromatic N) is 1. The smallest absolute Gasteiger partial charge is 0.372 e. The first-order valence-corrected chi connectivity index (χ1v) is 11.3. The fourth-order valence-electron chi connectivity index (χ4n) is 4.80. The lowest BCUT2D eigenvalue weighted by Crippen LogP contribution is -2.57. The third-order valence-electron chi connectivity index (χ3n) is 6.71. The molecular weight excluding hydrogens is 431 g/mol. The SMILES string of the molecule is Cc1cc([C@@H](C)OC[C@@]2(c3ccccc3)CC[C@H](N3CCNC3=O)CN2)cc(C(F)(F)F)c1. The Kier molecular flexibility index (Phi) is 6.68. The van der Waals surface area contributed by atoms with E-state index >= 15 is 0 Å². The zero-order valence-electron chi connectivity index (χ0n) is 18.9. The van der Waals surface area contributed by atoms with Crippen LogP contribution < -0.4 is 10.6 Å². The predicted molar refractivity (Wildman–Crippen MR) is 120 cm³/mol. The van der Waals surface area contributed by atoms with Gasteiger partial charge in [-0.05, 0) is 49.9 Å². The van der Waals surface area contributed by atoms with E-state index in [2.05, 4.69) is 10.6 Å². The monoisotopic (exact) mass is 461 g/mol. The van der Waals surface area contributed by atoms with E-state index in [9.17, 15) is 18.0 Å². The highest BCUT2D eigenvalue weighted by atomic mass is 19.4. The first-order chi connectivity index (χ1) is 15.7. The molecule has 4 rings (SSSR count). The first kappa shape index (κ1) is 23.6. The molecule has 0 aromatic heterocycles. The highest BCUT2D eigenvalue weighted by molar-refractivity contribution is 5.76. The van der Waals surface area contributed by atoms with Gasteiger partial charge in [-0.2, -0.15) is 13.2 Å². The number of hydrogen-bond donors (Lipinski definition) is 2. The van der Waals surface area contributed by atoms with E-state index in [1.54, 1.807) is 19.9 Å². The lowest BCUT2D eigenvalue weighted by Gasteiger charge is -2.44. The van der Waals surface area contributed by atoms with Crippen LogP contribution in [0.3, 0.4) is 0 Å². The maximum atomic E-state index is 13.3. The van der Waals surface area contributed by atoms with Crippen molar-refractivity contribution in [1.29, 1.82) is 0 Å². The molecule has 2 amide bonds. The van der Waals surface area contributed by atoms with Gasteiger partial charge in [-0.15, -0.1) is 0 Å². The van der Waals surface area contributed by atoms with Crippen LogP contribution in [0.4, 0.5) is 18.0 Å². The normalized spacial score (nSPS) is 24.6. The van der Waals surface area contributed by atoms with Crippen molar-refractivity contribution in [1.82, 2.24) is 15.5 Å². The minimum atomic E-state index is -4.40. The molecule has 2 aliphatic rings. The van der Waals surface area contributed by atoms with Gasteiger partial charge < -0.3 is 20.3 Å². The lowest BCUT2D eigenvalue weighted by molar-refractivity contribution is -0.137. The molecule has 0 bridgehead atoms. The van der Waals surface area contributed by atoms with Gasteiger partial charge in [0.1, 0.15) is 0 Å². The van der Waals surface area contributed by atoms with Gasteiger partial charge in [-0.1, -0.05) is 42.0 Å². The number of amides is 2. The second kappa shape index (κ2) is 9.35. The van der Waals surface area contributed by atoms with Crippen LogP contribution in [0.5, 0.6) is 0 Å². The maximum absolute atomic E-state index is 13.3. The molecule has 33 heavy (non-hydrogen) atoms. The number of rotatable bonds is 6. The molecule has 178 valence electrons. The van der Waals surface area contributed by atoms with E-state index in [4.69, 9.17) is 4.74 Å². The molecule has 2 N–H and O–H groups in total. The number of aryl methyl sites for hydroxylation is 1. The van der Waals surface area contributed by atoms with Crippen molar-refractivity contribution in [2.75, 3.05) is 26.2 Å². The molecule has 0 unspecified atom stereocenters. The summed E-state index contributed by atoms with van der Waals surface area (Å²) in [4.78, 5) is 14.0. The number of nitrogens with one attached hydrogen (secondary N) is 2. The lowest BCUT2D eigenvalue weighted by atomic mass is 9.81. The number of urea groups is 1. The van der Waals surface area contributed by atoms with Crippen LogP contribution in [0, 0.1) is 6.92 Å². The van der Waals surface area contributed by atoms with Gasteiger partial charge in [-0.25, -0.2) is 4.79 Å². The second-order valence-electron chi connectivity index (χ2n) is 9.03. The quantitative estimate of drug-likeness (QED) is 0.652. The summed E-state index contributed by atoms with van der Waals surface area (Å²) >= 11 is 0. The Morgan fingerprint density at radius 1 is 1.21 bits per heavy atom. The van der Waals surface area contributed by atoms with Crippen molar-refractivity contribution in [3.05, 3.63) is 70.8 Å². The zero-order chi connectivity index (χ0) is 23.6. The van der Waals surface area contributed by atoms with Crippen molar-refractivity contribution in [3.8, 4) is 0 Å². The van der Waals surface area contributed by atoms with Crippen LogP contribution in [0.2, 0.25) is 0 Å². The van der Waals surface area contributed by atoms with Crippen molar-refractivity contribution in [2.24, 2.45) is 0 Å².